The molecule has 1 aliphatic rings. The average Bonchev–Trinajstić information content (AvgIpc) is 3.21. The number of aromatic nitrogens is 3. The van der Waals surface area contributed by atoms with Gasteiger partial charge in [0, 0.05) is 25.4 Å². The molecule has 3 rings (SSSR count). The van der Waals surface area contributed by atoms with Crippen molar-refractivity contribution in [2.45, 2.75) is 58.1 Å². The summed E-state index contributed by atoms with van der Waals surface area (Å²) in [6.45, 7) is 6.23. The van der Waals surface area contributed by atoms with Crippen molar-refractivity contribution in [2.24, 2.45) is 0 Å². The molecule has 2 aromatic heterocycles. The van der Waals surface area contributed by atoms with Crippen LogP contribution in [0.25, 0.3) is 0 Å². The number of amides is 1. The summed E-state index contributed by atoms with van der Waals surface area (Å²) in [6, 6.07) is 3.73. The molecule has 0 radical (unpaired) electrons. The zero-order valence-electron chi connectivity index (χ0n) is 14.9. The minimum Gasteiger partial charge on any atom is -0.444 e. The lowest BCUT2D eigenvalue weighted by Gasteiger charge is -2.26. The van der Waals surface area contributed by atoms with Crippen LogP contribution in [0, 0.1) is 0 Å². The van der Waals surface area contributed by atoms with Gasteiger partial charge in [-0.3, -0.25) is 9.88 Å². The quantitative estimate of drug-likeness (QED) is 0.846. The number of nitrogens with zero attached hydrogens (tertiary/aromatic N) is 4. The van der Waals surface area contributed by atoms with Gasteiger partial charge >= 0.3 is 6.09 Å². The lowest BCUT2D eigenvalue weighted by molar-refractivity contribution is 0.0199. The molecule has 0 aliphatic carbocycles. The van der Waals surface area contributed by atoms with Gasteiger partial charge in [0.15, 0.2) is 5.82 Å². The predicted molar refractivity (Wildman–Crippen MR) is 90.9 cm³/mol. The Morgan fingerprint density at radius 3 is 2.96 bits per heavy atom. The topological polar surface area (TPSA) is 81.4 Å². The first kappa shape index (κ1) is 17.4. The minimum atomic E-state index is -0.520. The number of hydrogen-bond acceptors (Lipinski definition) is 6. The highest BCUT2D eigenvalue weighted by Gasteiger charge is 2.36. The van der Waals surface area contributed by atoms with Gasteiger partial charge in [-0.25, -0.2) is 4.79 Å². The highest BCUT2D eigenvalue weighted by molar-refractivity contribution is 5.69. The lowest BCUT2D eigenvalue weighted by Crippen LogP contribution is -2.36. The number of aryl methyl sites for hydroxylation is 2. The molecule has 1 atom stereocenters. The summed E-state index contributed by atoms with van der Waals surface area (Å²) in [5, 5.41) is 4.06. The van der Waals surface area contributed by atoms with E-state index in [1.165, 1.54) is 0 Å². The molecule has 0 aromatic carbocycles. The average molecular weight is 344 g/mol. The molecule has 0 N–H and O–H groups in total. The molecule has 0 saturated carbocycles. The Hall–Kier alpha value is -2.44. The van der Waals surface area contributed by atoms with Crippen LogP contribution in [0.2, 0.25) is 0 Å². The van der Waals surface area contributed by atoms with Gasteiger partial charge in [0.25, 0.3) is 0 Å². The van der Waals surface area contributed by atoms with Gasteiger partial charge in [-0.15, -0.1) is 0 Å². The standard InChI is InChI=1S/C18H24N4O3/c1-18(2,3)24-17(23)22-11-5-7-14(22)16-20-15(21-25-16)9-8-13-6-4-10-19-12-13/h4,6,10,12,14H,5,7-9,11H2,1-3H3/t14-/m0/s1. The van der Waals surface area contributed by atoms with Crippen LogP contribution in [0.1, 0.15) is 56.9 Å². The number of likely N-dealkylation sites (tertiary alicyclic amines) is 1. The van der Waals surface area contributed by atoms with E-state index in [1.54, 1.807) is 11.1 Å². The van der Waals surface area contributed by atoms with Crippen LogP contribution in [0.5, 0.6) is 0 Å². The number of rotatable bonds is 4. The number of carbonyl (C=O) groups excluding carboxylic acids is 1. The second-order valence-electron chi connectivity index (χ2n) is 7.24. The minimum absolute atomic E-state index is 0.200. The fourth-order valence-electron chi connectivity index (χ4n) is 2.87. The highest BCUT2D eigenvalue weighted by atomic mass is 16.6. The third-order valence-corrected chi connectivity index (χ3v) is 4.01. The Morgan fingerprint density at radius 2 is 2.24 bits per heavy atom. The van der Waals surface area contributed by atoms with Crippen LogP contribution in [-0.4, -0.2) is 38.3 Å². The van der Waals surface area contributed by atoms with Crippen molar-refractivity contribution in [1.82, 2.24) is 20.0 Å². The molecule has 1 amide bonds. The molecule has 0 spiro atoms. The van der Waals surface area contributed by atoms with Crippen molar-refractivity contribution in [1.29, 1.82) is 0 Å². The largest absolute Gasteiger partial charge is 0.444 e. The zero-order valence-corrected chi connectivity index (χ0v) is 14.9. The number of pyridine rings is 1. The monoisotopic (exact) mass is 344 g/mol. The Morgan fingerprint density at radius 1 is 1.40 bits per heavy atom. The second kappa shape index (κ2) is 7.21. The third-order valence-electron chi connectivity index (χ3n) is 4.01. The first-order chi connectivity index (χ1) is 11.9. The molecule has 7 heteroatoms. The van der Waals surface area contributed by atoms with Crippen molar-refractivity contribution in [2.75, 3.05) is 6.54 Å². The summed E-state index contributed by atoms with van der Waals surface area (Å²) in [4.78, 5) is 22.6. The van der Waals surface area contributed by atoms with Crippen LogP contribution in [0.4, 0.5) is 4.79 Å². The molecular formula is C18H24N4O3. The Balaban J connectivity index is 1.63. The van der Waals surface area contributed by atoms with E-state index in [0.29, 0.717) is 24.7 Å². The molecule has 0 bridgehead atoms. The second-order valence-corrected chi connectivity index (χ2v) is 7.24. The third kappa shape index (κ3) is 4.55. The van der Waals surface area contributed by atoms with Crippen molar-refractivity contribution in [3.05, 3.63) is 41.8 Å². The maximum absolute atomic E-state index is 12.4. The molecular weight excluding hydrogens is 320 g/mol. The Labute approximate surface area is 147 Å². The van der Waals surface area contributed by atoms with E-state index in [-0.39, 0.29) is 12.1 Å². The Bertz CT molecular complexity index is 709. The summed E-state index contributed by atoms with van der Waals surface area (Å²) >= 11 is 0. The molecule has 2 aromatic rings. The fraction of sp³-hybridized carbons (Fsp3) is 0.556. The van der Waals surface area contributed by atoms with Crippen LogP contribution < -0.4 is 0 Å². The fourth-order valence-corrected chi connectivity index (χ4v) is 2.87. The Kier molecular flexibility index (Phi) is 5.01. The first-order valence-corrected chi connectivity index (χ1v) is 8.63. The SMILES string of the molecule is CC(C)(C)OC(=O)N1CCC[C@H]1c1nc(CCc2cccnc2)no1. The number of carbonyl (C=O) groups is 1. The van der Waals surface area contributed by atoms with E-state index < -0.39 is 5.60 Å². The molecule has 1 fully saturated rings. The van der Waals surface area contributed by atoms with E-state index in [2.05, 4.69) is 15.1 Å². The van der Waals surface area contributed by atoms with Crippen molar-refractivity contribution in [3.8, 4) is 0 Å². The van der Waals surface area contributed by atoms with Crippen LogP contribution in [0.15, 0.2) is 29.0 Å². The summed E-state index contributed by atoms with van der Waals surface area (Å²) in [5.41, 5.74) is 0.610. The van der Waals surface area contributed by atoms with Gasteiger partial charge in [0.1, 0.15) is 11.6 Å². The van der Waals surface area contributed by atoms with Crippen molar-refractivity contribution >= 4 is 6.09 Å². The molecule has 1 saturated heterocycles. The van der Waals surface area contributed by atoms with Crippen molar-refractivity contribution in [3.63, 3.8) is 0 Å². The summed E-state index contributed by atoms with van der Waals surface area (Å²) < 4.78 is 10.9. The van der Waals surface area contributed by atoms with Gasteiger partial charge < -0.3 is 9.26 Å². The van der Waals surface area contributed by atoms with Crippen LogP contribution in [-0.2, 0) is 17.6 Å². The summed E-state index contributed by atoms with van der Waals surface area (Å²) in [7, 11) is 0. The molecule has 25 heavy (non-hydrogen) atoms. The lowest BCUT2D eigenvalue weighted by atomic mass is 10.1. The van der Waals surface area contributed by atoms with Gasteiger partial charge in [-0.2, -0.15) is 4.98 Å². The highest BCUT2D eigenvalue weighted by Crippen LogP contribution is 2.32. The summed E-state index contributed by atoms with van der Waals surface area (Å²) in [5.74, 6) is 1.14. The molecule has 7 nitrogen and oxygen atoms in total. The normalized spacial score (nSPS) is 17.7. The molecule has 0 unspecified atom stereocenters. The predicted octanol–water partition coefficient (Wildman–Crippen LogP) is 3.32. The van der Waals surface area contributed by atoms with Gasteiger partial charge in [0.05, 0.1) is 0 Å². The maximum Gasteiger partial charge on any atom is 0.410 e. The number of ether oxygens (including phenoxy) is 1. The van der Waals surface area contributed by atoms with E-state index in [1.807, 2.05) is 39.1 Å². The zero-order chi connectivity index (χ0) is 17.9. The van der Waals surface area contributed by atoms with E-state index in [0.717, 1.165) is 24.8 Å². The molecule has 3 heterocycles. The molecule has 134 valence electrons. The van der Waals surface area contributed by atoms with Gasteiger partial charge in [-0.1, -0.05) is 11.2 Å². The van der Waals surface area contributed by atoms with Gasteiger partial charge in [0.2, 0.25) is 5.89 Å². The maximum atomic E-state index is 12.4. The van der Waals surface area contributed by atoms with E-state index in [4.69, 9.17) is 9.26 Å². The van der Waals surface area contributed by atoms with Crippen molar-refractivity contribution < 1.29 is 14.1 Å². The van der Waals surface area contributed by atoms with Gasteiger partial charge in [-0.05, 0) is 51.7 Å². The van der Waals surface area contributed by atoms with E-state index in [9.17, 15) is 4.79 Å². The first-order valence-electron chi connectivity index (χ1n) is 8.63. The van der Waals surface area contributed by atoms with Crippen LogP contribution in [0.3, 0.4) is 0 Å². The van der Waals surface area contributed by atoms with Crippen LogP contribution >= 0.6 is 0 Å². The molecule has 1 aliphatic heterocycles. The smallest absolute Gasteiger partial charge is 0.410 e. The summed E-state index contributed by atoms with van der Waals surface area (Å²) in [6.07, 6.45) is 6.44. The van der Waals surface area contributed by atoms with E-state index >= 15 is 0 Å². The number of hydrogen-bond donors (Lipinski definition) is 0.